The molecule has 2 atom stereocenters. The van der Waals surface area contributed by atoms with E-state index in [0.29, 0.717) is 12.5 Å². The van der Waals surface area contributed by atoms with E-state index in [2.05, 4.69) is 31.3 Å². The van der Waals surface area contributed by atoms with E-state index in [-0.39, 0.29) is 0 Å². The summed E-state index contributed by atoms with van der Waals surface area (Å²) in [6, 6.07) is 6.22. The van der Waals surface area contributed by atoms with Gasteiger partial charge in [0.15, 0.2) is 0 Å². The third kappa shape index (κ3) is 3.97. The van der Waals surface area contributed by atoms with E-state index in [4.69, 9.17) is 4.74 Å². The number of methoxy groups -OCH3 is 1. The van der Waals surface area contributed by atoms with Crippen molar-refractivity contribution in [1.29, 1.82) is 0 Å². The lowest BCUT2D eigenvalue weighted by molar-refractivity contribution is -0.0119. The Morgan fingerprint density at radius 1 is 1.45 bits per heavy atom. The average molecular weight is 277 g/mol. The van der Waals surface area contributed by atoms with Gasteiger partial charge in [0.2, 0.25) is 0 Å². The Bertz CT molecular complexity index is 447. The Kier molecular flexibility index (Phi) is 5.06. The molecule has 1 aliphatic rings. The molecule has 1 aromatic carbocycles. The molecule has 0 radical (unpaired) electrons. The molecule has 3 nitrogen and oxygen atoms in total. The van der Waals surface area contributed by atoms with Gasteiger partial charge in [0, 0.05) is 13.1 Å². The van der Waals surface area contributed by atoms with Gasteiger partial charge >= 0.3 is 0 Å². The van der Waals surface area contributed by atoms with E-state index in [1.165, 1.54) is 12.0 Å². The molecule has 0 bridgehead atoms. The number of hydrogen-bond donors (Lipinski definition) is 2. The Morgan fingerprint density at radius 3 is 2.90 bits per heavy atom. The zero-order valence-electron chi connectivity index (χ0n) is 12.9. The molecule has 2 rings (SSSR count). The van der Waals surface area contributed by atoms with E-state index in [1.54, 1.807) is 7.11 Å². The maximum atomic E-state index is 10.6. The maximum absolute atomic E-state index is 10.6. The first-order valence-electron chi connectivity index (χ1n) is 7.59. The number of rotatable bonds is 5. The topological polar surface area (TPSA) is 41.5 Å². The molecule has 1 aliphatic carbocycles. The standard InChI is InChI=1S/C17H27NO2/c1-13-5-4-8-17(19,10-13)12-18-11-15-6-7-16(20-3)14(2)9-15/h6-7,9,13,18-19H,4-5,8,10-12H2,1-3H3. The van der Waals surface area contributed by atoms with E-state index in [9.17, 15) is 5.11 Å². The average Bonchev–Trinajstić information content (AvgIpc) is 2.38. The predicted octanol–water partition coefficient (Wildman–Crippen LogP) is 3.03. The molecule has 1 fully saturated rings. The summed E-state index contributed by atoms with van der Waals surface area (Å²) in [5.41, 5.74) is 1.87. The summed E-state index contributed by atoms with van der Waals surface area (Å²) >= 11 is 0. The molecular formula is C17H27NO2. The minimum Gasteiger partial charge on any atom is -0.496 e. The van der Waals surface area contributed by atoms with Gasteiger partial charge < -0.3 is 15.2 Å². The number of aryl methyl sites for hydroxylation is 1. The van der Waals surface area contributed by atoms with Crippen molar-refractivity contribution in [3.8, 4) is 5.75 Å². The second kappa shape index (κ2) is 6.59. The van der Waals surface area contributed by atoms with Crippen LogP contribution in [0.4, 0.5) is 0 Å². The Balaban J connectivity index is 1.85. The van der Waals surface area contributed by atoms with Gasteiger partial charge in [-0.05, 0) is 42.9 Å². The zero-order valence-corrected chi connectivity index (χ0v) is 12.9. The van der Waals surface area contributed by atoms with Crippen LogP contribution in [-0.2, 0) is 6.54 Å². The van der Waals surface area contributed by atoms with Crippen LogP contribution in [0.15, 0.2) is 18.2 Å². The second-order valence-electron chi connectivity index (χ2n) is 6.33. The van der Waals surface area contributed by atoms with Crippen molar-refractivity contribution in [2.24, 2.45) is 5.92 Å². The summed E-state index contributed by atoms with van der Waals surface area (Å²) in [4.78, 5) is 0. The van der Waals surface area contributed by atoms with Crippen molar-refractivity contribution < 1.29 is 9.84 Å². The van der Waals surface area contributed by atoms with Gasteiger partial charge in [-0.2, -0.15) is 0 Å². The van der Waals surface area contributed by atoms with Crippen LogP contribution in [0.3, 0.4) is 0 Å². The fourth-order valence-corrected chi connectivity index (χ4v) is 3.28. The van der Waals surface area contributed by atoms with Crippen molar-refractivity contribution >= 4 is 0 Å². The molecule has 1 aromatic rings. The van der Waals surface area contributed by atoms with Crippen LogP contribution in [0.1, 0.15) is 43.7 Å². The molecule has 0 heterocycles. The van der Waals surface area contributed by atoms with Gasteiger partial charge in [0.25, 0.3) is 0 Å². The molecule has 0 aromatic heterocycles. The summed E-state index contributed by atoms with van der Waals surface area (Å²) in [5, 5.41) is 14.0. The third-order valence-electron chi connectivity index (χ3n) is 4.31. The number of nitrogens with one attached hydrogen (secondary N) is 1. The van der Waals surface area contributed by atoms with Gasteiger partial charge in [-0.25, -0.2) is 0 Å². The normalized spacial score (nSPS) is 26.5. The van der Waals surface area contributed by atoms with Crippen molar-refractivity contribution in [2.45, 2.75) is 51.7 Å². The van der Waals surface area contributed by atoms with Crippen LogP contribution in [0.25, 0.3) is 0 Å². The Labute approximate surface area is 122 Å². The highest BCUT2D eigenvalue weighted by Gasteiger charge is 2.31. The van der Waals surface area contributed by atoms with Crippen molar-refractivity contribution in [3.63, 3.8) is 0 Å². The van der Waals surface area contributed by atoms with E-state index in [1.807, 2.05) is 6.07 Å². The molecule has 0 spiro atoms. The van der Waals surface area contributed by atoms with Gasteiger partial charge in [-0.3, -0.25) is 0 Å². The highest BCUT2D eigenvalue weighted by atomic mass is 16.5. The van der Waals surface area contributed by atoms with E-state index >= 15 is 0 Å². The van der Waals surface area contributed by atoms with E-state index in [0.717, 1.165) is 37.1 Å². The summed E-state index contributed by atoms with van der Waals surface area (Å²) in [5.74, 6) is 1.56. The summed E-state index contributed by atoms with van der Waals surface area (Å²) in [7, 11) is 1.69. The predicted molar refractivity (Wildman–Crippen MR) is 82.0 cm³/mol. The molecule has 3 heteroatoms. The van der Waals surface area contributed by atoms with Crippen LogP contribution in [0.5, 0.6) is 5.75 Å². The number of ether oxygens (including phenoxy) is 1. The van der Waals surface area contributed by atoms with Gasteiger partial charge in [0.05, 0.1) is 12.7 Å². The van der Waals surface area contributed by atoms with Crippen molar-refractivity contribution in [3.05, 3.63) is 29.3 Å². The second-order valence-corrected chi connectivity index (χ2v) is 6.33. The fraction of sp³-hybridized carbons (Fsp3) is 0.647. The molecule has 0 aliphatic heterocycles. The van der Waals surface area contributed by atoms with E-state index < -0.39 is 5.60 Å². The Morgan fingerprint density at radius 2 is 2.25 bits per heavy atom. The smallest absolute Gasteiger partial charge is 0.121 e. The Hall–Kier alpha value is -1.06. The summed E-state index contributed by atoms with van der Waals surface area (Å²) in [6.07, 6.45) is 4.23. The van der Waals surface area contributed by atoms with Crippen molar-refractivity contribution in [2.75, 3.05) is 13.7 Å². The lowest BCUT2D eigenvalue weighted by Crippen LogP contribution is -2.43. The monoisotopic (exact) mass is 277 g/mol. The third-order valence-corrected chi connectivity index (χ3v) is 4.31. The van der Waals surface area contributed by atoms with Gasteiger partial charge in [-0.1, -0.05) is 31.9 Å². The zero-order chi connectivity index (χ0) is 14.6. The molecule has 1 saturated carbocycles. The fourth-order valence-electron chi connectivity index (χ4n) is 3.28. The summed E-state index contributed by atoms with van der Waals surface area (Å²) < 4.78 is 5.27. The maximum Gasteiger partial charge on any atom is 0.121 e. The largest absolute Gasteiger partial charge is 0.496 e. The lowest BCUT2D eigenvalue weighted by Gasteiger charge is -2.35. The quantitative estimate of drug-likeness (QED) is 0.869. The van der Waals surface area contributed by atoms with Crippen molar-refractivity contribution in [1.82, 2.24) is 5.32 Å². The molecule has 2 N–H and O–H groups in total. The number of hydrogen-bond acceptors (Lipinski definition) is 3. The molecule has 2 unspecified atom stereocenters. The first-order chi connectivity index (χ1) is 9.52. The molecule has 20 heavy (non-hydrogen) atoms. The van der Waals surface area contributed by atoms with Crippen LogP contribution < -0.4 is 10.1 Å². The van der Waals surface area contributed by atoms with Crippen LogP contribution >= 0.6 is 0 Å². The van der Waals surface area contributed by atoms with Gasteiger partial charge in [-0.15, -0.1) is 0 Å². The number of aliphatic hydroxyl groups is 1. The highest BCUT2D eigenvalue weighted by molar-refractivity contribution is 5.36. The SMILES string of the molecule is COc1ccc(CNCC2(O)CCCC(C)C2)cc1C. The first-order valence-corrected chi connectivity index (χ1v) is 7.59. The summed E-state index contributed by atoms with van der Waals surface area (Å²) in [6.45, 7) is 5.76. The van der Waals surface area contributed by atoms with Crippen LogP contribution in [0, 0.1) is 12.8 Å². The van der Waals surface area contributed by atoms with Gasteiger partial charge in [0.1, 0.15) is 5.75 Å². The molecule has 0 saturated heterocycles. The minimum atomic E-state index is -0.515. The first kappa shape index (κ1) is 15.3. The molecular weight excluding hydrogens is 250 g/mol. The highest BCUT2D eigenvalue weighted by Crippen LogP contribution is 2.31. The minimum absolute atomic E-state index is 0.515. The lowest BCUT2D eigenvalue weighted by atomic mass is 9.79. The molecule has 112 valence electrons. The number of benzene rings is 1. The van der Waals surface area contributed by atoms with Crippen LogP contribution in [0.2, 0.25) is 0 Å². The van der Waals surface area contributed by atoms with Crippen LogP contribution in [-0.4, -0.2) is 24.4 Å². The molecule has 0 amide bonds.